The van der Waals surface area contributed by atoms with Crippen molar-refractivity contribution in [2.24, 2.45) is 15.0 Å². The highest BCUT2D eigenvalue weighted by molar-refractivity contribution is 6.43. The fraction of sp³-hybridized carbons (Fsp3) is 0.120. The van der Waals surface area contributed by atoms with Crippen molar-refractivity contribution in [1.29, 1.82) is 5.26 Å². The molecule has 0 aliphatic carbocycles. The molecule has 1 amide bonds. The molecule has 2 heterocycles. The maximum absolute atomic E-state index is 12.3. The minimum absolute atomic E-state index is 0.0258. The van der Waals surface area contributed by atoms with E-state index in [2.05, 4.69) is 33.4 Å². The number of nitrogens with two attached hydrogens (primary N) is 1. The minimum atomic E-state index is -0.449. The molecule has 3 N–H and O–H groups in total. The van der Waals surface area contributed by atoms with Crippen LogP contribution in [0.2, 0.25) is 0 Å². The van der Waals surface area contributed by atoms with Gasteiger partial charge in [0, 0.05) is 25.5 Å². The zero-order chi connectivity index (χ0) is 24.7. The van der Waals surface area contributed by atoms with Gasteiger partial charge in [0.05, 0.1) is 5.56 Å². The lowest BCUT2D eigenvalue weighted by atomic mass is 10.1. The summed E-state index contributed by atoms with van der Waals surface area (Å²) in [6.45, 7) is 9.17. The number of rotatable bonds is 7. The SMILES string of the molecule is C=CC(=NC(=C)C#N)C(=O)NCc1ccc(N2C(=NC)/C(=C\C)N=C2c2cccnc2N)cc1. The van der Waals surface area contributed by atoms with Crippen LogP contribution in [0.5, 0.6) is 0 Å². The number of amidine groups is 2. The first-order valence-electron chi connectivity index (χ1n) is 10.3. The number of carbonyl (C=O) groups excluding carboxylic acids is 1. The maximum atomic E-state index is 12.3. The van der Waals surface area contributed by atoms with E-state index in [4.69, 9.17) is 16.0 Å². The number of amides is 1. The first-order valence-corrected chi connectivity index (χ1v) is 10.3. The highest BCUT2D eigenvalue weighted by Crippen LogP contribution is 2.29. The lowest BCUT2D eigenvalue weighted by Gasteiger charge is -2.22. The monoisotopic (exact) mass is 452 g/mol. The van der Waals surface area contributed by atoms with E-state index in [9.17, 15) is 4.79 Å². The average Bonchev–Trinajstić information content (AvgIpc) is 3.24. The van der Waals surface area contributed by atoms with Crippen LogP contribution in [0.4, 0.5) is 11.5 Å². The summed E-state index contributed by atoms with van der Waals surface area (Å²) in [5, 5.41) is 11.6. The second kappa shape index (κ2) is 10.7. The third-order valence-corrected chi connectivity index (χ3v) is 4.90. The van der Waals surface area contributed by atoms with Crippen LogP contribution in [0.25, 0.3) is 0 Å². The number of aromatic nitrogens is 1. The quantitative estimate of drug-likeness (QED) is 0.492. The number of nitrogens with one attached hydrogen (secondary N) is 1. The van der Waals surface area contributed by atoms with Crippen molar-refractivity contribution < 1.29 is 4.79 Å². The molecule has 1 aliphatic rings. The summed E-state index contributed by atoms with van der Waals surface area (Å²) >= 11 is 0. The van der Waals surface area contributed by atoms with E-state index >= 15 is 0 Å². The van der Waals surface area contributed by atoms with Gasteiger partial charge in [0.1, 0.15) is 29.0 Å². The Kier molecular flexibility index (Phi) is 7.46. The smallest absolute Gasteiger partial charge is 0.270 e. The van der Waals surface area contributed by atoms with Gasteiger partial charge >= 0.3 is 0 Å². The van der Waals surface area contributed by atoms with Crippen molar-refractivity contribution in [3.63, 3.8) is 0 Å². The number of anilines is 2. The van der Waals surface area contributed by atoms with Gasteiger partial charge in [0.15, 0.2) is 11.7 Å². The van der Waals surface area contributed by atoms with Crippen LogP contribution < -0.4 is 16.0 Å². The molecule has 2 aromatic rings. The molecule has 1 aromatic heterocycles. The summed E-state index contributed by atoms with van der Waals surface area (Å²) in [5.74, 6) is 1.24. The average molecular weight is 453 g/mol. The number of nitrogens with zero attached hydrogens (tertiary/aromatic N) is 6. The van der Waals surface area contributed by atoms with E-state index in [1.54, 1.807) is 25.4 Å². The third-order valence-electron chi connectivity index (χ3n) is 4.90. The standard InChI is InChI=1S/C25H24N8O/c1-5-20-24(28-4)33(23(32-20)19-8-7-13-29-22(19)27)18-11-9-17(10-12-18)15-30-25(34)21(6-2)31-16(3)14-26/h5-13H,2-3,15H2,1,4H3,(H2,27,29)(H,30,34)/b20-5+,28-24?,31-21?. The number of hydrogen-bond donors (Lipinski definition) is 2. The summed E-state index contributed by atoms with van der Waals surface area (Å²) in [4.78, 5) is 31.4. The topological polar surface area (TPSA) is 132 Å². The van der Waals surface area contributed by atoms with Crippen LogP contribution >= 0.6 is 0 Å². The van der Waals surface area contributed by atoms with Gasteiger partial charge in [0.2, 0.25) is 0 Å². The summed E-state index contributed by atoms with van der Waals surface area (Å²) in [6.07, 6.45) is 4.80. The third kappa shape index (κ3) is 4.97. The molecule has 0 radical (unpaired) electrons. The van der Waals surface area contributed by atoms with Crippen LogP contribution in [0.3, 0.4) is 0 Å². The molecule has 0 saturated heterocycles. The van der Waals surface area contributed by atoms with Crippen LogP contribution in [0.1, 0.15) is 18.1 Å². The summed E-state index contributed by atoms with van der Waals surface area (Å²) in [5.41, 5.74) is 9.20. The highest BCUT2D eigenvalue weighted by atomic mass is 16.1. The normalized spacial score (nSPS) is 15.7. The number of pyridine rings is 1. The van der Waals surface area contributed by atoms with Crippen molar-refractivity contribution in [3.8, 4) is 6.07 Å². The Balaban J connectivity index is 1.84. The van der Waals surface area contributed by atoms with Gasteiger partial charge in [-0.3, -0.25) is 14.7 Å². The molecule has 0 unspecified atom stereocenters. The molecule has 0 fully saturated rings. The lowest BCUT2D eigenvalue weighted by molar-refractivity contribution is -0.114. The largest absolute Gasteiger partial charge is 0.383 e. The Labute approximate surface area is 198 Å². The van der Waals surface area contributed by atoms with Gasteiger partial charge in [-0.2, -0.15) is 5.26 Å². The van der Waals surface area contributed by atoms with E-state index in [0.717, 1.165) is 16.9 Å². The number of nitrogen functional groups attached to an aromatic ring is 1. The first-order chi connectivity index (χ1) is 16.4. The van der Waals surface area contributed by atoms with Crippen molar-refractivity contribution in [3.05, 3.63) is 90.4 Å². The fourth-order valence-corrected chi connectivity index (χ4v) is 3.26. The second-order valence-electron chi connectivity index (χ2n) is 7.04. The molecule has 1 aromatic carbocycles. The molecule has 0 saturated carbocycles. The van der Waals surface area contributed by atoms with Gasteiger partial charge in [-0.25, -0.2) is 15.0 Å². The number of benzene rings is 1. The fourth-order valence-electron chi connectivity index (χ4n) is 3.26. The van der Waals surface area contributed by atoms with E-state index in [0.29, 0.717) is 23.1 Å². The number of carbonyl (C=O) groups is 1. The van der Waals surface area contributed by atoms with Gasteiger partial charge in [-0.15, -0.1) is 0 Å². The molecule has 170 valence electrons. The number of aliphatic imine (C=N–C) groups is 3. The molecule has 34 heavy (non-hydrogen) atoms. The summed E-state index contributed by atoms with van der Waals surface area (Å²) in [7, 11) is 1.71. The number of nitriles is 1. The molecule has 0 bridgehead atoms. The zero-order valence-corrected chi connectivity index (χ0v) is 19.0. The van der Waals surface area contributed by atoms with E-state index in [1.165, 1.54) is 6.08 Å². The Morgan fingerprint density at radius 1 is 1.32 bits per heavy atom. The molecule has 9 nitrogen and oxygen atoms in total. The van der Waals surface area contributed by atoms with Gasteiger partial charge in [-0.1, -0.05) is 31.4 Å². The maximum Gasteiger partial charge on any atom is 0.270 e. The molecule has 9 heteroatoms. The molecular weight excluding hydrogens is 428 g/mol. The zero-order valence-electron chi connectivity index (χ0n) is 19.0. The highest BCUT2D eigenvalue weighted by Gasteiger charge is 2.31. The van der Waals surface area contributed by atoms with Crippen LogP contribution in [0.15, 0.2) is 94.3 Å². The van der Waals surface area contributed by atoms with E-state index in [-0.39, 0.29) is 18.0 Å². The second-order valence-corrected chi connectivity index (χ2v) is 7.04. The molecular formula is C25H24N8O. The molecule has 3 rings (SSSR count). The van der Waals surface area contributed by atoms with Gasteiger partial charge in [0.25, 0.3) is 5.91 Å². The minimum Gasteiger partial charge on any atom is -0.383 e. The number of hydrogen-bond acceptors (Lipinski definition) is 7. The molecule has 1 aliphatic heterocycles. The van der Waals surface area contributed by atoms with E-state index in [1.807, 2.05) is 48.2 Å². The van der Waals surface area contributed by atoms with Crippen LogP contribution in [0, 0.1) is 11.3 Å². The lowest BCUT2D eigenvalue weighted by Crippen LogP contribution is -2.33. The Bertz CT molecular complexity index is 1290. The van der Waals surface area contributed by atoms with Crippen LogP contribution in [-0.2, 0) is 11.3 Å². The molecule has 0 atom stereocenters. The van der Waals surface area contributed by atoms with Crippen molar-refractivity contribution in [2.75, 3.05) is 17.7 Å². The van der Waals surface area contributed by atoms with Crippen molar-refractivity contribution >= 4 is 34.8 Å². The van der Waals surface area contributed by atoms with Crippen LogP contribution in [-0.4, -0.2) is 35.3 Å². The van der Waals surface area contributed by atoms with Gasteiger partial charge in [-0.05, 0) is 42.8 Å². The first kappa shape index (κ1) is 23.8. The molecule has 0 spiro atoms. The summed E-state index contributed by atoms with van der Waals surface area (Å²) in [6, 6.07) is 13.0. The Morgan fingerprint density at radius 2 is 2.06 bits per heavy atom. The number of allylic oxidation sites excluding steroid dienone is 2. The van der Waals surface area contributed by atoms with Crippen molar-refractivity contribution in [2.45, 2.75) is 13.5 Å². The summed E-state index contributed by atoms with van der Waals surface area (Å²) < 4.78 is 0. The van der Waals surface area contributed by atoms with Crippen molar-refractivity contribution in [1.82, 2.24) is 10.3 Å². The Morgan fingerprint density at radius 3 is 2.65 bits per heavy atom. The predicted octanol–water partition coefficient (Wildman–Crippen LogP) is 3.14. The Hall–Kier alpha value is -4.84. The predicted molar refractivity (Wildman–Crippen MR) is 135 cm³/mol. The van der Waals surface area contributed by atoms with E-state index < -0.39 is 5.91 Å². The van der Waals surface area contributed by atoms with Gasteiger partial charge < -0.3 is 11.1 Å².